The van der Waals surface area contributed by atoms with E-state index in [9.17, 15) is 9.18 Å². The summed E-state index contributed by atoms with van der Waals surface area (Å²) >= 11 is 0. The number of anilines is 4. The van der Waals surface area contributed by atoms with Crippen LogP contribution >= 0.6 is 0 Å². The van der Waals surface area contributed by atoms with Gasteiger partial charge in [-0.15, -0.1) is 0 Å². The number of hydrogen-bond donors (Lipinski definition) is 1. The highest BCUT2D eigenvalue weighted by atomic mass is 19.1. The zero-order valence-electron chi connectivity index (χ0n) is 26.7. The van der Waals surface area contributed by atoms with Crippen molar-refractivity contribution in [2.24, 2.45) is 0 Å². The van der Waals surface area contributed by atoms with Crippen LogP contribution < -0.4 is 29.2 Å². The molecule has 1 N–H and O–H groups in total. The summed E-state index contributed by atoms with van der Waals surface area (Å²) in [6.07, 6.45) is 5.37. The molecule has 5 rings (SSSR count). The second kappa shape index (κ2) is 15.4. The Morgan fingerprint density at radius 3 is 2.43 bits per heavy atom. The number of benzene rings is 3. The van der Waals surface area contributed by atoms with E-state index in [0.717, 1.165) is 37.2 Å². The fourth-order valence-corrected chi connectivity index (χ4v) is 5.39. The first-order chi connectivity index (χ1) is 22.4. The SMILES string of the molecule is COc1ccc(OC)c(N(C(=O)Oc2c(C)cccc2C)c2ccnc(Nc3ccc(OCCCN4CCCCC4)c(F)c3)n2)c1. The van der Waals surface area contributed by atoms with Gasteiger partial charge in [-0.2, -0.15) is 4.98 Å². The molecular formula is C35H40FN5O5. The Morgan fingerprint density at radius 2 is 1.72 bits per heavy atom. The van der Waals surface area contributed by atoms with Crippen molar-refractivity contribution >= 4 is 29.2 Å². The number of amides is 1. The first-order valence-corrected chi connectivity index (χ1v) is 15.4. The highest BCUT2D eigenvalue weighted by molar-refractivity contribution is 5.98. The summed E-state index contributed by atoms with van der Waals surface area (Å²) in [7, 11) is 3.03. The maximum absolute atomic E-state index is 15.0. The molecule has 1 saturated heterocycles. The molecule has 0 atom stereocenters. The monoisotopic (exact) mass is 629 g/mol. The average Bonchev–Trinajstić information content (AvgIpc) is 3.06. The minimum Gasteiger partial charge on any atom is -0.497 e. The van der Waals surface area contributed by atoms with Gasteiger partial charge in [-0.1, -0.05) is 24.6 Å². The zero-order chi connectivity index (χ0) is 32.5. The van der Waals surface area contributed by atoms with Gasteiger partial charge >= 0.3 is 6.09 Å². The summed E-state index contributed by atoms with van der Waals surface area (Å²) in [5.74, 6) is 1.34. The van der Waals surface area contributed by atoms with Crippen LogP contribution in [0.25, 0.3) is 0 Å². The number of hydrogen-bond acceptors (Lipinski definition) is 9. The fraction of sp³-hybridized carbons (Fsp3) is 0.343. The van der Waals surface area contributed by atoms with Crippen molar-refractivity contribution in [1.82, 2.24) is 14.9 Å². The van der Waals surface area contributed by atoms with Gasteiger partial charge in [-0.3, -0.25) is 0 Å². The van der Waals surface area contributed by atoms with Crippen molar-refractivity contribution in [2.75, 3.05) is 50.7 Å². The number of aromatic nitrogens is 2. The lowest BCUT2D eigenvalue weighted by Crippen LogP contribution is -2.31. The topological polar surface area (TPSA) is 98.3 Å². The summed E-state index contributed by atoms with van der Waals surface area (Å²) in [6, 6.07) is 16.9. The number of ether oxygens (including phenoxy) is 4. The summed E-state index contributed by atoms with van der Waals surface area (Å²) in [5.41, 5.74) is 2.36. The minimum absolute atomic E-state index is 0.138. The molecule has 0 saturated carbocycles. The van der Waals surface area contributed by atoms with E-state index in [0.29, 0.717) is 35.2 Å². The summed E-state index contributed by atoms with van der Waals surface area (Å²) in [4.78, 5) is 26.5. The quantitative estimate of drug-likeness (QED) is 0.159. The third kappa shape index (κ3) is 8.02. The van der Waals surface area contributed by atoms with Gasteiger partial charge in [-0.05, 0) is 81.6 Å². The lowest BCUT2D eigenvalue weighted by Gasteiger charge is -2.26. The molecule has 10 nitrogen and oxygen atoms in total. The van der Waals surface area contributed by atoms with E-state index in [1.807, 2.05) is 32.0 Å². The number of rotatable bonds is 12. The smallest absolute Gasteiger partial charge is 0.425 e. The number of nitrogens with one attached hydrogen (secondary N) is 1. The predicted octanol–water partition coefficient (Wildman–Crippen LogP) is 7.59. The number of likely N-dealkylation sites (tertiary alicyclic amines) is 1. The molecular weight excluding hydrogens is 589 g/mol. The Bertz CT molecular complexity index is 1630. The number of carbonyl (C=O) groups is 1. The van der Waals surface area contributed by atoms with Crippen molar-refractivity contribution < 1.29 is 28.1 Å². The molecule has 1 amide bonds. The van der Waals surface area contributed by atoms with Crippen LogP contribution in [0.3, 0.4) is 0 Å². The molecule has 242 valence electrons. The summed E-state index contributed by atoms with van der Waals surface area (Å²) < 4.78 is 37.7. The lowest BCUT2D eigenvalue weighted by molar-refractivity contribution is 0.203. The van der Waals surface area contributed by atoms with E-state index in [1.54, 1.807) is 36.4 Å². The van der Waals surface area contributed by atoms with Gasteiger partial charge in [0.05, 0.1) is 26.5 Å². The maximum Gasteiger partial charge on any atom is 0.425 e. The van der Waals surface area contributed by atoms with Crippen LogP contribution in [0.2, 0.25) is 0 Å². The molecule has 11 heteroatoms. The Labute approximate surface area is 269 Å². The van der Waals surface area contributed by atoms with Crippen molar-refractivity contribution in [3.63, 3.8) is 0 Å². The first kappa shape index (κ1) is 32.5. The van der Waals surface area contributed by atoms with Crippen LogP contribution in [0.5, 0.6) is 23.0 Å². The van der Waals surface area contributed by atoms with E-state index >= 15 is 0 Å². The van der Waals surface area contributed by atoms with E-state index in [1.165, 1.54) is 50.6 Å². The van der Waals surface area contributed by atoms with Gasteiger partial charge in [0.1, 0.15) is 23.1 Å². The Kier molecular flexibility index (Phi) is 10.9. The van der Waals surface area contributed by atoms with Gasteiger partial charge in [0.25, 0.3) is 0 Å². The number of halogens is 1. The molecule has 2 heterocycles. The largest absolute Gasteiger partial charge is 0.497 e. The predicted molar refractivity (Wildman–Crippen MR) is 176 cm³/mol. The molecule has 0 bridgehead atoms. The molecule has 1 aliphatic heterocycles. The highest BCUT2D eigenvalue weighted by Crippen LogP contribution is 2.38. The molecule has 1 fully saturated rings. The molecule has 0 radical (unpaired) electrons. The van der Waals surface area contributed by atoms with Crippen LogP contribution in [0, 0.1) is 19.7 Å². The highest BCUT2D eigenvalue weighted by Gasteiger charge is 2.27. The van der Waals surface area contributed by atoms with E-state index < -0.39 is 11.9 Å². The normalized spacial score (nSPS) is 13.2. The third-order valence-corrected chi connectivity index (χ3v) is 7.79. The number of carbonyl (C=O) groups excluding carboxylic acids is 1. The first-order valence-electron chi connectivity index (χ1n) is 15.4. The molecule has 4 aromatic rings. The van der Waals surface area contributed by atoms with Crippen molar-refractivity contribution in [3.05, 3.63) is 83.8 Å². The minimum atomic E-state index is -0.721. The van der Waals surface area contributed by atoms with Gasteiger partial charge in [-0.25, -0.2) is 19.1 Å². The van der Waals surface area contributed by atoms with Crippen LogP contribution in [0.15, 0.2) is 66.9 Å². The van der Waals surface area contributed by atoms with E-state index in [-0.39, 0.29) is 17.5 Å². The maximum atomic E-state index is 15.0. The summed E-state index contributed by atoms with van der Waals surface area (Å²) in [5, 5.41) is 3.03. The number of piperidine rings is 1. The molecule has 0 unspecified atom stereocenters. The molecule has 3 aromatic carbocycles. The number of nitrogens with zero attached hydrogens (tertiary/aromatic N) is 4. The molecule has 0 spiro atoms. The van der Waals surface area contributed by atoms with Gasteiger partial charge < -0.3 is 29.2 Å². The Balaban J connectivity index is 1.36. The van der Waals surface area contributed by atoms with Crippen LogP contribution in [-0.2, 0) is 0 Å². The van der Waals surface area contributed by atoms with E-state index in [2.05, 4.69) is 20.2 Å². The number of aryl methyl sites for hydroxylation is 2. The standard InChI is InChI=1S/C35H40FN5O5/c1-24-10-8-11-25(2)33(24)46-35(42)41(29-23-27(43-3)13-15-31(29)44-4)32-16-17-37-34(39-32)38-26-12-14-30(28(36)22-26)45-21-9-20-40-18-6-5-7-19-40/h8,10-17,22-23H,5-7,9,18-21H2,1-4H3,(H,37,38,39). The van der Waals surface area contributed by atoms with Gasteiger partial charge in [0.15, 0.2) is 11.6 Å². The average molecular weight is 630 g/mol. The van der Waals surface area contributed by atoms with Crippen LogP contribution in [0.4, 0.5) is 32.3 Å². The van der Waals surface area contributed by atoms with Crippen LogP contribution in [0.1, 0.15) is 36.8 Å². The van der Waals surface area contributed by atoms with E-state index in [4.69, 9.17) is 18.9 Å². The second-order valence-corrected chi connectivity index (χ2v) is 11.1. The Morgan fingerprint density at radius 1 is 0.957 bits per heavy atom. The van der Waals surface area contributed by atoms with Gasteiger partial charge in [0, 0.05) is 36.6 Å². The van der Waals surface area contributed by atoms with Crippen molar-refractivity contribution in [2.45, 2.75) is 39.5 Å². The zero-order valence-corrected chi connectivity index (χ0v) is 26.7. The van der Waals surface area contributed by atoms with Crippen LogP contribution in [-0.4, -0.2) is 61.4 Å². The second-order valence-electron chi connectivity index (χ2n) is 11.1. The van der Waals surface area contributed by atoms with Crippen molar-refractivity contribution in [1.29, 1.82) is 0 Å². The third-order valence-electron chi connectivity index (χ3n) is 7.79. The van der Waals surface area contributed by atoms with Crippen molar-refractivity contribution in [3.8, 4) is 23.0 Å². The Hall–Kier alpha value is -4.90. The molecule has 1 aromatic heterocycles. The molecule has 0 aliphatic carbocycles. The molecule has 46 heavy (non-hydrogen) atoms. The molecule has 1 aliphatic rings. The number of methoxy groups -OCH3 is 2. The lowest BCUT2D eigenvalue weighted by atomic mass is 10.1. The number of para-hydroxylation sites is 1. The summed E-state index contributed by atoms with van der Waals surface area (Å²) in [6.45, 7) is 7.36. The fourth-order valence-electron chi connectivity index (χ4n) is 5.39. The van der Waals surface area contributed by atoms with Gasteiger partial charge in [0.2, 0.25) is 5.95 Å².